The molecule has 0 saturated heterocycles. The Kier molecular flexibility index (Phi) is 7.85. The monoisotopic (exact) mass is 400 g/mol. The number of benzene rings is 2. The molecule has 3 rings (SSSR count). The van der Waals surface area contributed by atoms with E-state index < -0.39 is 6.67 Å². The fraction of sp³-hybridized carbons (Fsp3) is 0.286. The van der Waals surface area contributed by atoms with Gasteiger partial charge in [0.05, 0.1) is 37.8 Å². The highest BCUT2D eigenvalue weighted by Crippen LogP contribution is 2.24. The third-order valence-electron chi connectivity index (χ3n) is 3.81. The average Bonchev–Trinajstić information content (AvgIpc) is 2.75. The Hall–Kier alpha value is -3.10. The molecule has 152 valence electrons. The maximum absolute atomic E-state index is 11.8. The number of hydrogen-bond donors (Lipinski definition) is 0. The lowest BCUT2D eigenvalue weighted by atomic mass is 10.2. The number of ether oxygens (including phenoxy) is 3. The smallest absolute Gasteiger partial charge is 0.336 e. The van der Waals surface area contributed by atoms with E-state index in [4.69, 9.17) is 18.6 Å². The minimum Gasteiger partial charge on any atom is -0.491 e. The van der Waals surface area contributed by atoms with Crippen LogP contribution in [0.5, 0.6) is 5.75 Å². The van der Waals surface area contributed by atoms with Crippen LogP contribution in [0.2, 0.25) is 0 Å². The van der Waals surface area contributed by atoms with E-state index in [9.17, 15) is 9.18 Å². The highest BCUT2D eigenvalue weighted by atomic mass is 19.1. The summed E-state index contributed by atoms with van der Waals surface area (Å²) in [5, 5.41) is 9.18. The van der Waals surface area contributed by atoms with Crippen LogP contribution in [-0.4, -0.2) is 39.7 Å². The van der Waals surface area contributed by atoms with E-state index in [1.54, 1.807) is 48.5 Å². The summed E-state index contributed by atoms with van der Waals surface area (Å²) in [6.07, 6.45) is 0. The first kappa shape index (κ1) is 20.6. The predicted molar refractivity (Wildman–Crippen MR) is 106 cm³/mol. The van der Waals surface area contributed by atoms with Crippen LogP contribution in [0.3, 0.4) is 0 Å². The molecule has 7 nitrogen and oxygen atoms in total. The van der Waals surface area contributed by atoms with Crippen LogP contribution in [0.4, 0.5) is 15.8 Å². The molecule has 2 aromatic carbocycles. The second-order valence-electron chi connectivity index (χ2n) is 5.93. The van der Waals surface area contributed by atoms with Crippen molar-refractivity contribution in [2.75, 3.05) is 39.7 Å². The van der Waals surface area contributed by atoms with E-state index in [0.717, 1.165) is 5.39 Å². The normalized spacial score (nSPS) is 11.3. The van der Waals surface area contributed by atoms with Crippen molar-refractivity contribution in [1.82, 2.24) is 0 Å². The van der Waals surface area contributed by atoms with Crippen LogP contribution in [0.15, 0.2) is 74.0 Å². The third kappa shape index (κ3) is 6.78. The van der Waals surface area contributed by atoms with Crippen molar-refractivity contribution in [2.24, 2.45) is 10.2 Å². The maximum atomic E-state index is 11.8. The van der Waals surface area contributed by atoms with Crippen molar-refractivity contribution in [2.45, 2.75) is 0 Å². The van der Waals surface area contributed by atoms with Crippen molar-refractivity contribution in [3.05, 3.63) is 65.0 Å². The van der Waals surface area contributed by atoms with E-state index in [1.165, 1.54) is 6.07 Å². The molecule has 0 N–H and O–H groups in total. The summed E-state index contributed by atoms with van der Waals surface area (Å²) in [4.78, 5) is 11.2. The summed E-state index contributed by atoms with van der Waals surface area (Å²) in [5.41, 5.74) is 1.45. The first-order valence-electron chi connectivity index (χ1n) is 9.14. The molecule has 3 aromatic rings. The number of halogens is 1. The van der Waals surface area contributed by atoms with Gasteiger partial charge in [-0.05, 0) is 48.5 Å². The topological polar surface area (TPSA) is 82.6 Å². The summed E-state index contributed by atoms with van der Waals surface area (Å²) < 4.78 is 32.8. The number of rotatable bonds is 11. The highest BCUT2D eigenvalue weighted by molar-refractivity contribution is 5.79. The summed E-state index contributed by atoms with van der Waals surface area (Å²) in [7, 11) is 0. The van der Waals surface area contributed by atoms with Crippen molar-refractivity contribution < 1.29 is 23.0 Å². The molecule has 0 radical (unpaired) electrons. The van der Waals surface area contributed by atoms with Gasteiger partial charge in [0.2, 0.25) is 0 Å². The van der Waals surface area contributed by atoms with Gasteiger partial charge in [0, 0.05) is 11.5 Å². The third-order valence-corrected chi connectivity index (χ3v) is 3.81. The average molecular weight is 400 g/mol. The van der Waals surface area contributed by atoms with Gasteiger partial charge in [-0.25, -0.2) is 9.18 Å². The Bertz CT molecular complexity index is 988. The fourth-order valence-corrected chi connectivity index (χ4v) is 2.44. The molecule has 0 amide bonds. The standard InChI is InChI=1S/C21H21FN2O5/c22-9-10-26-11-12-27-13-14-28-19-5-2-17(3-6-19)23-24-18-4-7-20-16(15-18)1-8-21(25)29-20/h1-8,15H,9-14H2. The molecule has 0 aliphatic heterocycles. The number of alkyl halides is 1. The molecule has 1 heterocycles. The number of fused-ring (bicyclic) bond motifs is 1. The summed E-state index contributed by atoms with van der Waals surface area (Å²) in [5.74, 6) is 0.696. The molecule has 0 aliphatic carbocycles. The zero-order valence-corrected chi connectivity index (χ0v) is 15.8. The Labute approximate surface area is 166 Å². The van der Waals surface area contributed by atoms with E-state index in [1.807, 2.05) is 0 Å². The second-order valence-corrected chi connectivity index (χ2v) is 5.93. The second kappa shape index (κ2) is 11.0. The molecule has 29 heavy (non-hydrogen) atoms. The first-order chi connectivity index (χ1) is 14.2. The van der Waals surface area contributed by atoms with E-state index >= 15 is 0 Å². The molecule has 0 saturated carbocycles. The van der Waals surface area contributed by atoms with E-state index in [0.29, 0.717) is 49.1 Å². The van der Waals surface area contributed by atoms with Crippen LogP contribution < -0.4 is 10.4 Å². The van der Waals surface area contributed by atoms with Gasteiger partial charge >= 0.3 is 5.63 Å². The molecule has 0 unspecified atom stereocenters. The Morgan fingerprint density at radius 1 is 0.793 bits per heavy atom. The largest absolute Gasteiger partial charge is 0.491 e. The van der Waals surface area contributed by atoms with Crippen molar-refractivity contribution in [3.8, 4) is 5.75 Å². The van der Waals surface area contributed by atoms with Gasteiger partial charge in [-0.3, -0.25) is 0 Å². The molecule has 0 aliphatic rings. The molecular weight excluding hydrogens is 379 g/mol. The van der Waals surface area contributed by atoms with Gasteiger partial charge in [0.1, 0.15) is 24.6 Å². The Morgan fingerprint density at radius 2 is 1.48 bits per heavy atom. The molecule has 1 aromatic heterocycles. The van der Waals surface area contributed by atoms with Crippen molar-refractivity contribution in [1.29, 1.82) is 0 Å². The van der Waals surface area contributed by atoms with Crippen LogP contribution in [-0.2, 0) is 9.47 Å². The lowest BCUT2D eigenvalue weighted by Crippen LogP contribution is -2.11. The zero-order chi connectivity index (χ0) is 20.3. The van der Waals surface area contributed by atoms with E-state index in [-0.39, 0.29) is 12.2 Å². The molecule has 0 atom stereocenters. The maximum Gasteiger partial charge on any atom is 0.336 e. The van der Waals surface area contributed by atoms with E-state index in [2.05, 4.69) is 10.2 Å². The minimum absolute atomic E-state index is 0.0997. The predicted octanol–water partition coefficient (Wildman–Crippen LogP) is 4.59. The summed E-state index contributed by atoms with van der Waals surface area (Å²) >= 11 is 0. The minimum atomic E-state index is -0.486. The first-order valence-corrected chi connectivity index (χ1v) is 9.14. The number of azo groups is 1. The molecular formula is C21H21FN2O5. The van der Waals surface area contributed by atoms with Crippen LogP contribution in [0.25, 0.3) is 11.0 Å². The number of hydrogen-bond acceptors (Lipinski definition) is 7. The van der Waals surface area contributed by atoms with Gasteiger partial charge in [-0.15, -0.1) is 0 Å². The highest BCUT2D eigenvalue weighted by Gasteiger charge is 1.99. The van der Waals surface area contributed by atoms with Crippen LogP contribution >= 0.6 is 0 Å². The van der Waals surface area contributed by atoms with Crippen molar-refractivity contribution in [3.63, 3.8) is 0 Å². The Balaban J connectivity index is 1.45. The quantitative estimate of drug-likeness (QED) is 0.267. The lowest BCUT2D eigenvalue weighted by Gasteiger charge is -2.07. The van der Waals surface area contributed by atoms with Crippen LogP contribution in [0.1, 0.15) is 0 Å². The SMILES string of the molecule is O=c1ccc2cc(N=Nc3ccc(OCCOCCOCCF)cc3)ccc2o1. The fourth-order valence-electron chi connectivity index (χ4n) is 2.44. The number of nitrogens with zero attached hydrogens (tertiary/aromatic N) is 2. The summed E-state index contributed by atoms with van der Waals surface area (Å²) in [6, 6.07) is 15.5. The Morgan fingerprint density at radius 3 is 2.28 bits per heavy atom. The molecule has 8 heteroatoms. The van der Waals surface area contributed by atoms with Crippen LogP contribution in [0, 0.1) is 0 Å². The molecule has 0 fully saturated rings. The van der Waals surface area contributed by atoms with Gasteiger partial charge in [0.25, 0.3) is 0 Å². The van der Waals surface area contributed by atoms with Gasteiger partial charge in [-0.2, -0.15) is 10.2 Å². The summed E-state index contributed by atoms with van der Waals surface area (Å²) in [6.45, 7) is 1.21. The lowest BCUT2D eigenvalue weighted by molar-refractivity contribution is 0.0325. The van der Waals surface area contributed by atoms with Gasteiger partial charge < -0.3 is 18.6 Å². The zero-order valence-electron chi connectivity index (χ0n) is 15.8. The molecule has 0 bridgehead atoms. The van der Waals surface area contributed by atoms with Gasteiger partial charge in [0.15, 0.2) is 0 Å². The van der Waals surface area contributed by atoms with Gasteiger partial charge in [-0.1, -0.05) is 0 Å². The van der Waals surface area contributed by atoms with Crippen molar-refractivity contribution >= 4 is 22.3 Å². The molecule has 0 spiro atoms.